The largest absolute Gasteiger partial charge is 0.360 e. The number of anilines is 1. The van der Waals surface area contributed by atoms with Crippen molar-refractivity contribution in [2.45, 2.75) is 67.2 Å². The molecule has 0 amide bonds. The molecule has 152 valence electrons. The molecule has 1 aliphatic carbocycles. The summed E-state index contributed by atoms with van der Waals surface area (Å²) in [5.41, 5.74) is 7.17. The smallest absolute Gasteiger partial charge is 0.0644 e. The van der Waals surface area contributed by atoms with Crippen molar-refractivity contribution < 1.29 is 0 Å². The third-order valence-corrected chi connectivity index (χ3v) is 5.82. The second-order valence-corrected chi connectivity index (χ2v) is 8.48. The number of allylic oxidation sites excluding steroid dienone is 5. The predicted molar refractivity (Wildman–Crippen MR) is 125 cm³/mol. The molecule has 1 heterocycles. The van der Waals surface area contributed by atoms with Gasteiger partial charge in [0, 0.05) is 22.5 Å². The first-order chi connectivity index (χ1) is 13.3. The third kappa shape index (κ3) is 5.19. The van der Waals surface area contributed by atoms with Gasteiger partial charge >= 0.3 is 0 Å². The standard InChI is InChI=1S/C26H38N2/c1-9-19(6)25(23-13-11-12-18(5)15-23)26-21(8)27-16-24(26)28-20(7)22(10-2)14-17(3)4/h9-10,14,16,18,23,27-28H,7-8,11-13,15H2,1-6H3/b19-9-,22-10+,26-25-. The lowest BCUT2D eigenvalue weighted by Crippen LogP contribution is -2.30. The fourth-order valence-corrected chi connectivity index (χ4v) is 4.34. The van der Waals surface area contributed by atoms with E-state index in [2.05, 4.69) is 83.2 Å². The summed E-state index contributed by atoms with van der Waals surface area (Å²) in [6.45, 7) is 21.6. The summed E-state index contributed by atoms with van der Waals surface area (Å²) < 4.78 is 0. The second kappa shape index (κ2) is 9.82. The fraction of sp³-hybridized carbons (Fsp3) is 0.462. The first kappa shape index (κ1) is 22.1. The molecule has 0 bridgehead atoms. The minimum absolute atomic E-state index is 0.587. The number of hydrogen-bond acceptors (Lipinski definition) is 1. The zero-order valence-corrected chi connectivity index (χ0v) is 18.7. The minimum atomic E-state index is 0.587. The highest BCUT2D eigenvalue weighted by atomic mass is 14.9. The fourth-order valence-electron chi connectivity index (χ4n) is 4.34. The highest BCUT2D eigenvalue weighted by Gasteiger charge is 2.24. The second-order valence-electron chi connectivity index (χ2n) is 8.48. The number of nitrogens with one attached hydrogen (secondary N) is 2. The highest BCUT2D eigenvalue weighted by molar-refractivity contribution is 5.71. The molecule has 2 atom stereocenters. The normalized spacial score (nSPS) is 21.9. The van der Waals surface area contributed by atoms with E-state index in [0.717, 1.165) is 28.2 Å². The maximum atomic E-state index is 4.31. The van der Waals surface area contributed by atoms with E-state index in [1.54, 1.807) is 0 Å². The van der Waals surface area contributed by atoms with Crippen LogP contribution >= 0.6 is 0 Å². The molecule has 2 unspecified atom stereocenters. The molecule has 0 spiro atoms. The molecule has 28 heavy (non-hydrogen) atoms. The molecule has 1 aromatic heterocycles. The molecule has 1 aliphatic rings. The topological polar surface area (TPSA) is 27.8 Å². The minimum Gasteiger partial charge on any atom is -0.360 e. The van der Waals surface area contributed by atoms with Crippen LogP contribution in [0.3, 0.4) is 0 Å². The van der Waals surface area contributed by atoms with Crippen LogP contribution in [0.25, 0.3) is 12.2 Å². The first-order valence-corrected chi connectivity index (χ1v) is 10.6. The molecular weight excluding hydrogens is 340 g/mol. The Hall–Kier alpha value is -2.22. The summed E-state index contributed by atoms with van der Waals surface area (Å²) in [5.74, 6) is 1.37. The molecule has 1 saturated carbocycles. The summed E-state index contributed by atoms with van der Waals surface area (Å²) >= 11 is 0. The van der Waals surface area contributed by atoms with Crippen LogP contribution in [0.1, 0.15) is 67.2 Å². The molecule has 0 aliphatic heterocycles. The first-order valence-electron chi connectivity index (χ1n) is 10.6. The van der Waals surface area contributed by atoms with Crippen molar-refractivity contribution >= 4 is 17.8 Å². The van der Waals surface area contributed by atoms with Gasteiger partial charge in [-0.25, -0.2) is 0 Å². The molecule has 0 aromatic carbocycles. The van der Waals surface area contributed by atoms with Crippen LogP contribution in [-0.4, -0.2) is 4.98 Å². The van der Waals surface area contributed by atoms with Crippen molar-refractivity contribution in [2.24, 2.45) is 11.8 Å². The van der Waals surface area contributed by atoms with E-state index < -0.39 is 0 Å². The molecule has 2 N–H and O–H groups in total. The zero-order chi connectivity index (χ0) is 20.8. The summed E-state index contributed by atoms with van der Waals surface area (Å²) in [6.07, 6.45) is 13.7. The van der Waals surface area contributed by atoms with E-state index in [4.69, 9.17) is 0 Å². The Morgan fingerprint density at radius 2 is 1.89 bits per heavy atom. The monoisotopic (exact) mass is 378 g/mol. The Morgan fingerprint density at radius 3 is 2.46 bits per heavy atom. The summed E-state index contributed by atoms with van der Waals surface area (Å²) in [4.78, 5) is 3.35. The van der Waals surface area contributed by atoms with Gasteiger partial charge in [-0.1, -0.05) is 62.3 Å². The van der Waals surface area contributed by atoms with Crippen LogP contribution in [0.4, 0.5) is 5.69 Å². The van der Waals surface area contributed by atoms with E-state index >= 15 is 0 Å². The number of rotatable bonds is 6. The Labute approximate surface area is 171 Å². The Kier molecular flexibility index (Phi) is 7.74. The summed E-state index contributed by atoms with van der Waals surface area (Å²) in [5, 5.41) is 5.78. The molecule has 1 aromatic rings. The van der Waals surface area contributed by atoms with Gasteiger partial charge in [-0.3, -0.25) is 0 Å². The Balaban J connectivity index is 2.57. The van der Waals surface area contributed by atoms with Gasteiger partial charge in [0.1, 0.15) is 0 Å². The average molecular weight is 379 g/mol. The highest BCUT2D eigenvalue weighted by Crippen LogP contribution is 2.36. The molecule has 2 rings (SSSR count). The van der Waals surface area contributed by atoms with Gasteiger partial charge in [0.2, 0.25) is 0 Å². The molecular formula is C26H38N2. The number of H-pyrrole nitrogens is 1. The summed E-state index contributed by atoms with van der Waals surface area (Å²) in [6, 6.07) is 0. The Bertz CT molecular complexity index is 901. The van der Waals surface area contributed by atoms with Gasteiger partial charge in [0.15, 0.2) is 0 Å². The van der Waals surface area contributed by atoms with E-state index in [-0.39, 0.29) is 0 Å². The van der Waals surface area contributed by atoms with Crippen LogP contribution in [0, 0.1) is 11.8 Å². The van der Waals surface area contributed by atoms with Crippen molar-refractivity contribution in [2.75, 3.05) is 5.32 Å². The SMILES string of the molecule is C=C(Nc1c[nH]c(=C)/c1=C(\C(C)=C/C)C1CCCC(C)C1)/C(C=C(C)C)=C/C. The van der Waals surface area contributed by atoms with Gasteiger partial charge in [0.05, 0.1) is 5.69 Å². The quantitative estimate of drug-likeness (QED) is 0.566. The predicted octanol–water partition coefficient (Wildman–Crippen LogP) is 6.21. The van der Waals surface area contributed by atoms with Gasteiger partial charge in [-0.15, -0.1) is 0 Å². The average Bonchev–Trinajstić information content (AvgIpc) is 3.00. The van der Waals surface area contributed by atoms with Gasteiger partial charge in [-0.05, 0) is 70.4 Å². The van der Waals surface area contributed by atoms with Gasteiger partial charge < -0.3 is 10.3 Å². The van der Waals surface area contributed by atoms with Crippen LogP contribution < -0.4 is 15.9 Å². The number of aromatic nitrogens is 1. The van der Waals surface area contributed by atoms with E-state index in [0.29, 0.717) is 5.92 Å². The number of aromatic amines is 1. The lowest BCUT2D eigenvalue weighted by molar-refractivity contribution is 0.331. The summed E-state index contributed by atoms with van der Waals surface area (Å²) in [7, 11) is 0. The lowest BCUT2D eigenvalue weighted by Gasteiger charge is -2.29. The van der Waals surface area contributed by atoms with E-state index in [9.17, 15) is 0 Å². The van der Waals surface area contributed by atoms with Crippen molar-refractivity contribution in [3.05, 3.63) is 64.0 Å². The van der Waals surface area contributed by atoms with E-state index in [1.807, 2.05) is 6.20 Å². The molecule has 1 fully saturated rings. The van der Waals surface area contributed by atoms with Crippen molar-refractivity contribution in [3.8, 4) is 0 Å². The molecule has 2 heteroatoms. The van der Waals surface area contributed by atoms with Crippen molar-refractivity contribution in [3.63, 3.8) is 0 Å². The molecule has 0 radical (unpaired) electrons. The maximum Gasteiger partial charge on any atom is 0.0644 e. The Morgan fingerprint density at radius 1 is 1.18 bits per heavy atom. The van der Waals surface area contributed by atoms with Crippen molar-refractivity contribution in [1.29, 1.82) is 0 Å². The number of hydrogen-bond donors (Lipinski definition) is 2. The van der Waals surface area contributed by atoms with Gasteiger partial charge in [-0.2, -0.15) is 0 Å². The lowest BCUT2D eigenvalue weighted by atomic mass is 9.76. The van der Waals surface area contributed by atoms with Gasteiger partial charge in [0.25, 0.3) is 0 Å². The van der Waals surface area contributed by atoms with Crippen LogP contribution in [0.5, 0.6) is 0 Å². The van der Waals surface area contributed by atoms with E-state index in [1.165, 1.54) is 47.6 Å². The van der Waals surface area contributed by atoms with Crippen LogP contribution in [0.15, 0.2) is 53.4 Å². The molecule has 2 nitrogen and oxygen atoms in total. The third-order valence-electron chi connectivity index (χ3n) is 5.82. The van der Waals surface area contributed by atoms with Crippen LogP contribution in [0.2, 0.25) is 0 Å². The van der Waals surface area contributed by atoms with Crippen molar-refractivity contribution in [1.82, 2.24) is 4.98 Å². The zero-order valence-electron chi connectivity index (χ0n) is 18.7. The maximum absolute atomic E-state index is 4.31. The van der Waals surface area contributed by atoms with Crippen LogP contribution in [-0.2, 0) is 0 Å². The molecule has 0 saturated heterocycles.